The fraction of sp³-hybridized carbons (Fsp3) is 0.0909. The van der Waals surface area contributed by atoms with Crippen LogP contribution < -0.4 is 5.73 Å². The van der Waals surface area contributed by atoms with Gasteiger partial charge in [-0.3, -0.25) is 0 Å². The molecule has 5 heteroatoms. The molecule has 1 atom stereocenters. The normalized spacial score (nSPS) is 12.7. The SMILES string of the molecule is Nc1cc(F)ccc1C(O)c1ccc(Br)o1. The number of aliphatic hydroxyl groups excluding tert-OH is 1. The Morgan fingerprint density at radius 1 is 1.31 bits per heavy atom. The topological polar surface area (TPSA) is 59.4 Å². The number of furan rings is 1. The zero-order valence-corrected chi connectivity index (χ0v) is 9.74. The lowest BCUT2D eigenvalue weighted by Crippen LogP contribution is -2.03. The third-order valence-corrected chi connectivity index (χ3v) is 2.63. The van der Waals surface area contributed by atoms with Crippen molar-refractivity contribution in [3.8, 4) is 0 Å². The lowest BCUT2D eigenvalue weighted by Gasteiger charge is -2.10. The molecule has 0 fully saturated rings. The van der Waals surface area contributed by atoms with Gasteiger partial charge in [-0.15, -0.1) is 0 Å². The predicted molar refractivity (Wildman–Crippen MR) is 61.3 cm³/mol. The Hall–Kier alpha value is -1.33. The first kappa shape index (κ1) is 11.2. The Bertz CT molecular complexity index is 512. The molecule has 2 rings (SSSR count). The van der Waals surface area contributed by atoms with Crippen LogP contribution in [0.1, 0.15) is 17.4 Å². The van der Waals surface area contributed by atoms with Gasteiger partial charge in [0, 0.05) is 11.3 Å². The van der Waals surface area contributed by atoms with E-state index in [2.05, 4.69) is 15.9 Å². The molecule has 0 radical (unpaired) electrons. The minimum atomic E-state index is -0.994. The van der Waals surface area contributed by atoms with Crippen LogP contribution in [0.3, 0.4) is 0 Å². The fourth-order valence-electron chi connectivity index (χ4n) is 1.42. The van der Waals surface area contributed by atoms with E-state index in [0.29, 0.717) is 16.0 Å². The highest BCUT2D eigenvalue weighted by Gasteiger charge is 2.17. The van der Waals surface area contributed by atoms with Gasteiger partial charge in [-0.1, -0.05) is 6.07 Å². The maximum absolute atomic E-state index is 12.8. The van der Waals surface area contributed by atoms with E-state index in [-0.39, 0.29) is 5.69 Å². The Labute approximate surface area is 99.8 Å². The quantitative estimate of drug-likeness (QED) is 0.834. The maximum Gasteiger partial charge on any atom is 0.169 e. The molecule has 0 aliphatic rings. The lowest BCUT2D eigenvalue weighted by molar-refractivity contribution is 0.188. The van der Waals surface area contributed by atoms with E-state index in [1.807, 2.05) is 0 Å². The zero-order chi connectivity index (χ0) is 11.7. The molecule has 1 unspecified atom stereocenters. The van der Waals surface area contributed by atoms with Gasteiger partial charge in [0.1, 0.15) is 17.7 Å². The Morgan fingerprint density at radius 3 is 2.62 bits per heavy atom. The molecule has 0 spiro atoms. The zero-order valence-electron chi connectivity index (χ0n) is 8.15. The molecule has 1 heterocycles. The van der Waals surface area contributed by atoms with Crippen molar-refractivity contribution in [2.45, 2.75) is 6.10 Å². The summed E-state index contributed by atoms with van der Waals surface area (Å²) in [6.07, 6.45) is -0.994. The third kappa shape index (κ3) is 2.10. The van der Waals surface area contributed by atoms with Gasteiger partial charge < -0.3 is 15.3 Å². The summed E-state index contributed by atoms with van der Waals surface area (Å²) in [7, 11) is 0. The number of benzene rings is 1. The first-order valence-electron chi connectivity index (χ1n) is 4.56. The van der Waals surface area contributed by atoms with Crippen LogP contribution in [0.4, 0.5) is 10.1 Å². The third-order valence-electron chi connectivity index (χ3n) is 2.21. The maximum atomic E-state index is 12.8. The molecule has 2 aromatic rings. The van der Waals surface area contributed by atoms with E-state index < -0.39 is 11.9 Å². The minimum Gasteiger partial charge on any atom is -0.451 e. The molecule has 0 saturated heterocycles. The van der Waals surface area contributed by atoms with Crippen LogP contribution in [0.2, 0.25) is 0 Å². The van der Waals surface area contributed by atoms with Crippen molar-refractivity contribution >= 4 is 21.6 Å². The van der Waals surface area contributed by atoms with Gasteiger partial charge >= 0.3 is 0 Å². The highest BCUT2D eigenvalue weighted by atomic mass is 79.9. The van der Waals surface area contributed by atoms with E-state index >= 15 is 0 Å². The molecule has 1 aromatic heterocycles. The molecule has 1 aromatic carbocycles. The summed E-state index contributed by atoms with van der Waals surface area (Å²) in [6, 6.07) is 7.13. The van der Waals surface area contributed by atoms with Crippen LogP contribution >= 0.6 is 15.9 Å². The first-order valence-corrected chi connectivity index (χ1v) is 5.35. The molecule has 0 saturated carbocycles. The van der Waals surface area contributed by atoms with E-state index in [9.17, 15) is 9.50 Å². The fourth-order valence-corrected chi connectivity index (χ4v) is 1.74. The summed E-state index contributed by atoms with van der Waals surface area (Å²) in [5.41, 5.74) is 6.23. The summed E-state index contributed by atoms with van der Waals surface area (Å²) < 4.78 is 18.5. The van der Waals surface area contributed by atoms with Gasteiger partial charge in [0.15, 0.2) is 4.67 Å². The van der Waals surface area contributed by atoms with Gasteiger partial charge in [-0.2, -0.15) is 0 Å². The van der Waals surface area contributed by atoms with Gasteiger partial charge in [0.05, 0.1) is 0 Å². The van der Waals surface area contributed by atoms with E-state index in [1.165, 1.54) is 12.1 Å². The van der Waals surface area contributed by atoms with Crippen molar-refractivity contribution in [1.29, 1.82) is 0 Å². The molecule has 3 N–H and O–H groups in total. The summed E-state index contributed by atoms with van der Waals surface area (Å²) in [5, 5.41) is 9.96. The largest absolute Gasteiger partial charge is 0.451 e. The Balaban J connectivity index is 2.37. The standard InChI is InChI=1S/C11H9BrFNO2/c12-10-4-3-9(16-10)11(15)7-2-1-6(13)5-8(7)14/h1-5,11,15H,14H2. The molecular formula is C11H9BrFNO2. The second kappa shape index (κ2) is 4.27. The molecule has 0 bridgehead atoms. The first-order chi connectivity index (χ1) is 7.58. The summed E-state index contributed by atoms with van der Waals surface area (Å²) in [5.74, 6) is -0.0840. The molecule has 0 amide bonds. The van der Waals surface area contributed by atoms with E-state index in [4.69, 9.17) is 10.2 Å². The number of halogens is 2. The molecule has 3 nitrogen and oxygen atoms in total. The summed E-state index contributed by atoms with van der Waals surface area (Å²) in [4.78, 5) is 0. The molecule has 0 aliphatic heterocycles. The van der Waals surface area contributed by atoms with Crippen molar-refractivity contribution in [1.82, 2.24) is 0 Å². The molecular weight excluding hydrogens is 277 g/mol. The van der Waals surface area contributed by atoms with Crippen molar-refractivity contribution in [2.24, 2.45) is 0 Å². The predicted octanol–water partition coefficient (Wildman–Crippen LogP) is 2.85. The highest BCUT2D eigenvalue weighted by Crippen LogP contribution is 2.29. The lowest BCUT2D eigenvalue weighted by atomic mass is 10.1. The number of nitrogen functional groups attached to an aromatic ring is 1. The molecule has 0 aliphatic carbocycles. The van der Waals surface area contributed by atoms with Crippen LogP contribution in [-0.2, 0) is 0 Å². The smallest absolute Gasteiger partial charge is 0.169 e. The van der Waals surface area contributed by atoms with Gasteiger partial charge in [-0.05, 0) is 40.2 Å². The van der Waals surface area contributed by atoms with Gasteiger partial charge in [0.25, 0.3) is 0 Å². The number of anilines is 1. The van der Waals surface area contributed by atoms with Crippen LogP contribution in [0.15, 0.2) is 39.4 Å². The Kier molecular flexibility index (Phi) is 2.98. The van der Waals surface area contributed by atoms with Crippen LogP contribution in [0.5, 0.6) is 0 Å². The second-order valence-corrected chi connectivity index (χ2v) is 4.10. The summed E-state index contributed by atoms with van der Waals surface area (Å²) in [6.45, 7) is 0. The second-order valence-electron chi connectivity index (χ2n) is 3.32. The van der Waals surface area contributed by atoms with Crippen LogP contribution in [0.25, 0.3) is 0 Å². The van der Waals surface area contributed by atoms with Crippen molar-refractivity contribution in [3.63, 3.8) is 0 Å². The average molecular weight is 286 g/mol. The van der Waals surface area contributed by atoms with Crippen molar-refractivity contribution < 1.29 is 13.9 Å². The Morgan fingerprint density at radius 2 is 2.06 bits per heavy atom. The van der Waals surface area contributed by atoms with E-state index in [1.54, 1.807) is 12.1 Å². The number of aliphatic hydroxyl groups is 1. The number of hydrogen-bond acceptors (Lipinski definition) is 3. The van der Waals surface area contributed by atoms with Gasteiger partial charge in [0.2, 0.25) is 0 Å². The highest BCUT2D eigenvalue weighted by molar-refractivity contribution is 9.10. The minimum absolute atomic E-state index is 0.194. The number of rotatable bonds is 2. The number of nitrogens with two attached hydrogens (primary N) is 1. The molecule has 84 valence electrons. The monoisotopic (exact) mass is 285 g/mol. The van der Waals surface area contributed by atoms with Crippen LogP contribution in [-0.4, -0.2) is 5.11 Å². The molecule has 16 heavy (non-hydrogen) atoms. The summed E-state index contributed by atoms with van der Waals surface area (Å²) >= 11 is 3.13. The van der Waals surface area contributed by atoms with E-state index in [0.717, 1.165) is 6.07 Å². The average Bonchev–Trinajstić information content (AvgIpc) is 2.64. The van der Waals surface area contributed by atoms with Crippen molar-refractivity contribution in [3.05, 3.63) is 52.1 Å². The van der Waals surface area contributed by atoms with Crippen molar-refractivity contribution in [2.75, 3.05) is 5.73 Å². The van der Waals surface area contributed by atoms with Gasteiger partial charge in [-0.25, -0.2) is 4.39 Å². The number of hydrogen-bond donors (Lipinski definition) is 2. The van der Waals surface area contributed by atoms with Crippen LogP contribution in [0, 0.1) is 5.82 Å².